The average molecular weight is 339 g/mol. The largest absolute Gasteiger partial charge is 0.382 e. The monoisotopic (exact) mass is 338 g/mol. The van der Waals surface area contributed by atoms with Crippen molar-refractivity contribution in [3.05, 3.63) is 33.4 Å². The number of nitrogen functional groups attached to an aromatic ring is 1. The van der Waals surface area contributed by atoms with E-state index in [1.54, 1.807) is 6.07 Å². The standard InChI is InChI=1S/C12H15BrN6O/c13-10-11(15-7-16-12(10)20)18-4-1-8(2-5-18)19-6-3-9(14)17-19/h3,6-8H,1-2,4-5H2,(H2,14,17)(H,15,16,20). The molecule has 1 aliphatic rings. The predicted molar refractivity (Wildman–Crippen MR) is 79.7 cm³/mol. The van der Waals surface area contributed by atoms with E-state index in [0.29, 0.717) is 22.2 Å². The number of nitrogens with one attached hydrogen (secondary N) is 1. The molecule has 0 unspecified atom stereocenters. The maximum atomic E-state index is 11.6. The Labute approximate surface area is 123 Å². The van der Waals surface area contributed by atoms with Gasteiger partial charge in [0.05, 0.1) is 12.4 Å². The number of piperidine rings is 1. The van der Waals surface area contributed by atoms with E-state index >= 15 is 0 Å². The molecule has 3 heterocycles. The van der Waals surface area contributed by atoms with Gasteiger partial charge in [-0.05, 0) is 34.8 Å². The summed E-state index contributed by atoms with van der Waals surface area (Å²) >= 11 is 3.30. The van der Waals surface area contributed by atoms with E-state index in [1.807, 2.05) is 10.9 Å². The molecule has 0 aliphatic carbocycles. The van der Waals surface area contributed by atoms with E-state index in [2.05, 4.69) is 35.9 Å². The van der Waals surface area contributed by atoms with Gasteiger partial charge in [-0.3, -0.25) is 9.48 Å². The van der Waals surface area contributed by atoms with Crippen LogP contribution in [0.15, 0.2) is 27.9 Å². The second-order valence-electron chi connectivity index (χ2n) is 4.81. The summed E-state index contributed by atoms with van der Waals surface area (Å²) in [6, 6.07) is 2.16. The molecule has 0 atom stereocenters. The quantitative estimate of drug-likeness (QED) is 0.856. The van der Waals surface area contributed by atoms with Crippen LogP contribution in [0.1, 0.15) is 18.9 Å². The highest BCUT2D eigenvalue weighted by Crippen LogP contribution is 2.27. The first kappa shape index (κ1) is 13.2. The number of nitrogens with two attached hydrogens (primary N) is 1. The minimum absolute atomic E-state index is 0.156. The molecule has 106 valence electrons. The van der Waals surface area contributed by atoms with E-state index in [0.717, 1.165) is 25.9 Å². The van der Waals surface area contributed by atoms with Gasteiger partial charge in [-0.2, -0.15) is 5.10 Å². The predicted octanol–water partition coefficient (Wildman–Crippen LogP) is 1.15. The number of halogens is 1. The number of aromatic amines is 1. The molecular weight excluding hydrogens is 324 g/mol. The van der Waals surface area contributed by atoms with Crippen molar-refractivity contribution in [3.63, 3.8) is 0 Å². The zero-order chi connectivity index (χ0) is 14.1. The maximum absolute atomic E-state index is 11.6. The summed E-state index contributed by atoms with van der Waals surface area (Å²) in [6.07, 6.45) is 5.24. The Morgan fingerprint density at radius 3 is 2.80 bits per heavy atom. The van der Waals surface area contributed by atoms with Gasteiger partial charge >= 0.3 is 0 Å². The number of hydrogen-bond donors (Lipinski definition) is 2. The van der Waals surface area contributed by atoms with Gasteiger partial charge in [0.25, 0.3) is 5.56 Å². The van der Waals surface area contributed by atoms with Crippen LogP contribution in [-0.2, 0) is 0 Å². The summed E-state index contributed by atoms with van der Waals surface area (Å²) in [5, 5.41) is 4.26. The number of rotatable bonds is 2. The van der Waals surface area contributed by atoms with Crippen molar-refractivity contribution in [3.8, 4) is 0 Å². The summed E-state index contributed by atoms with van der Waals surface area (Å²) in [5.41, 5.74) is 5.49. The summed E-state index contributed by atoms with van der Waals surface area (Å²) in [7, 11) is 0. The fourth-order valence-corrected chi connectivity index (χ4v) is 2.96. The zero-order valence-electron chi connectivity index (χ0n) is 10.8. The van der Waals surface area contributed by atoms with E-state index < -0.39 is 0 Å². The molecule has 7 nitrogen and oxygen atoms in total. The van der Waals surface area contributed by atoms with Crippen LogP contribution >= 0.6 is 15.9 Å². The number of aromatic nitrogens is 4. The molecule has 20 heavy (non-hydrogen) atoms. The SMILES string of the molecule is Nc1ccn(C2CCN(c3nc[nH]c(=O)c3Br)CC2)n1. The topological polar surface area (TPSA) is 92.8 Å². The molecule has 0 aromatic carbocycles. The summed E-state index contributed by atoms with van der Waals surface area (Å²) in [5.74, 6) is 1.25. The average Bonchev–Trinajstić information content (AvgIpc) is 2.89. The van der Waals surface area contributed by atoms with E-state index in [9.17, 15) is 4.79 Å². The van der Waals surface area contributed by atoms with Crippen molar-refractivity contribution in [2.75, 3.05) is 23.7 Å². The van der Waals surface area contributed by atoms with Gasteiger partial charge in [-0.25, -0.2) is 4.98 Å². The normalized spacial score (nSPS) is 16.6. The van der Waals surface area contributed by atoms with Gasteiger partial charge in [0.1, 0.15) is 16.1 Å². The van der Waals surface area contributed by atoms with Crippen LogP contribution in [0.4, 0.5) is 11.6 Å². The third-order valence-corrected chi connectivity index (χ3v) is 4.26. The minimum Gasteiger partial charge on any atom is -0.382 e. The summed E-state index contributed by atoms with van der Waals surface area (Å²) in [4.78, 5) is 20.5. The van der Waals surface area contributed by atoms with Crippen molar-refractivity contribution in [1.29, 1.82) is 0 Å². The van der Waals surface area contributed by atoms with Crippen LogP contribution in [0, 0.1) is 0 Å². The smallest absolute Gasteiger partial charge is 0.267 e. The van der Waals surface area contributed by atoms with Gasteiger partial charge in [0.2, 0.25) is 0 Å². The molecule has 3 rings (SSSR count). The molecule has 1 fully saturated rings. The lowest BCUT2D eigenvalue weighted by atomic mass is 10.1. The first-order valence-electron chi connectivity index (χ1n) is 6.44. The molecule has 0 radical (unpaired) electrons. The molecule has 2 aromatic rings. The summed E-state index contributed by atoms with van der Waals surface area (Å²) in [6.45, 7) is 1.67. The lowest BCUT2D eigenvalue weighted by molar-refractivity contribution is 0.366. The second kappa shape index (κ2) is 5.28. The number of H-pyrrole nitrogens is 1. The Morgan fingerprint density at radius 2 is 2.15 bits per heavy atom. The molecule has 0 spiro atoms. The fourth-order valence-electron chi connectivity index (χ4n) is 2.49. The highest BCUT2D eigenvalue weighted by molar-refractivity contribution is 9.10. The van der Waals surface area contributed by atoms with Crippen molar-refractivity contribution >= 4 is 27.6 Å². The van der Waals surface area contributed by atoms with Crippen LogP contribution in [0.3, 0.4) is 0 Å². The Hall–Kier alpha value is -1.83. The molecule has 3 N–H and O–H groups in total. The Kier molecular flexibility index (Phi) is 3.47. The number of hydrogen-bond acceptors (Lipinski definition) is 5. The van der Waals surface area contributed by atoms with Gasteiger partial charge in [-0.15, -0.1) is 0 Å². The minimum atomic E-state index is -0.156. The van der Waals surface area contributed by atoms with Crippen molar-refractivity contribution < 1.29 is 0 Å². The van der Waals surface area contributed by atoms with Gasteiger partial charge in [0.15, 0.2) is 0 Å². The van der Waals surface area contributed by atoms with E-state index in [1.165, 1.54) is 6.33 Å². The molecule has 2 aromatic heterocycles. The lowest BCUT2D eigenvalue weighted by Crippen LogP contribution is -2.36. The molecule has 1 aliphatic heterocycles. The first-order valence-corrected chi connectivity index (χ1v) is 7.23. The van der Waals surface area contributed by atoms with Crippen LogP contribution in [0.2, 0.25) is 0 Å². The van der Waals surface area contributed by atoms with Crippen LogP contribution in [0.25, 0.3) is 0 Å². The highest BCUT2D eigenvalue weighted by Gasteiger charge is 2.23. The van der Waals surface area contributed by atoms with Crippen LogP contribution in [-0.4, -0.2) is 32.8 Å². The molecule has 0 saturated carbocycles. The maximum Gasteiger partial charge on any atom is 0.267 e. The van der Waals surface area contributed by atoms with Crippen molar-refractivity contribution in [2.45, 2.75) is 18.9 Å². The second-order valence-corrected chi connectivity index (χ2v) is 5.60. The Bertz CT molecular complexity index is 658. The van der Waals surface area contributed by atoms with Gasteiger partial charge in [-0.1, -0.05) is 0 Å². The summed E-state index contributed by atoms with van der Waals surface area (Å²) < 4.78 is 2.41. The number of nitrogens with zero attached hydrogens (tertiary/aromatic N) is 4. The highest BCUT2D eigenvalue weighted by atomic mass is 79.9. The van der Waals surface area contributed by atoms with Crippen molar-refractivity contribution in [2.24, 2.45) is 0 Å². The van der Waals surface area contributed by atoms with E-state index in [-0.39, 0.29) is 5.56 Å². The van der Waals surface area contributed by atoms with Gasteiger partial charge in [0, 0.05) is 19.3 Å². The van der Waals surface area contributed by atoms with Gasteiger partial charge < -0.3 is 15.6 Å². The van der Waals surface area contributed by atoms with Crippen LogP contribution < -0.4 is 16.2 Å². The van der Waals surface area contributed by atoms with E-state index in [4.69, 9.17) is 5.73 Å². The Morgan fingerprint density at radius 1 is 1.40 bits per heavy atom. The first-order chi connectivity index (χ1) is 9.65. The Balaban J connectivity index is 1.72. The molecule has 1 saturated heterocycles. The molecule has 0 amide bonds. The third-order valence-electron chi connectivity index (χ3n) is 3.55. The molecule has 8 heteroatoms. The molecule has 0 bridgehead atoms. The molecular formula is C12H15BrN6O. The number of anilines is 2. The zero-order valence-corrected chi connectivity index (χ0v) is 12.4. The van der Waals surface area contributed by atoms with Crippen molar-refractivity contribution in [1.82, 2.24) is 19.7 Å². The van der Waals surface area contributed by atoms with Crippen LogP contribution in [0.5, 0.6) is 0 Å². The fraction of sp³-hybridized carbons (Fsp3) is 0.417. The lowest BCUT2D eigenvalue weighted by Gasteiger charge is -2.33. The third kappa shape index (κ3) is 2.43.